The normalized spacial score (nSPS) is 13.4. The summed E-state index contributed by atoms with van der Waals surface area (Å²) in [7, 11) is 3.33. The third-order valence-electron chi connectivity index (χ3n) is 5.57. The highest BCUT2D eigenvalue weighted by Gasteiger charge is 2.40. The number of carbonyl (C=O) groups is 3. The first-order chi connectivity index (χ1) is 15.6. The Morgan fingerprint density at radius 3 is 1.91 bits per heavy atom. The monoisotopic (exact) mass is 491 g/mol. The molecule has 1 aromatic carbocycles. The van der Waals surface area contributed by atoms with Crippen LogP contribution in [0.1, 0.15) is 74.8 Å². The number of nitrogens with zero attached hydrogens (tertiary/aromatic N) is 1. The molecule has 2 atom stereocenters. The van der Waals surface area contributed by atoms with E-state index in [0.29, 0.717) is 0 Å². The van der Waals surface area contributed by atoms with Crippen LogP contribution >= 0.6 is 0 Å². The lowest BCUT2D eigenvalue weighted by Crippen LogP contribution is -2.60. The summed E-state index contributed by atoms with van der Waals surface area (Å²) in [5.74, 6) is -1.57. The molecule has 3 N–H and O–H groups in total. The van der Waals surface area contributed by atoms with Crippen molar-refractivity contribution in [3.63, 3.8) is 0 Å². The fourth-order valence-electron chi connectivity index (χ4n) is 3.40. The zero-order chi connectivity index (χ0) is 26.7. The molecule has 0 spiro atoms. The molecule has 0 heterocycles. The van der Waals surface area contributed by atoms with Gasteiger partial charge in [0.25, 0.3) is 0 Å². The number of carbonyl (C=O) groups excluding carboxylic acids is 2. The fourth-order valence-corrected chi connectivity index (χ4v) is 3.40. The minimum Gasteiger partial charge on any atom is -0.478 e. The van der Waals surface area contributed by atoms with Crippen LogP contribution < -0.4 is 10.6 Å². The maximum atomic E-state index is 13.3. The number of benzene rings is 1. The van der Waals surface area contributed by atoms with Crippen LogP contribution in [0.15, 0.2) is 42.0 Å². The molecule has 7 heteroatoms. The number of hydrogen-bond donors (Lipinski definition) is 3. The lowest BCUT2D eigenvalue weighted by molar-refractivity contribution is -0.139. The Hall–Kier alpha value is -2.67. The van der Waals surface area contributed by atoms with Gasteiger partial charge in [-0.05, 0) is 24.9 Å². The van der Waals surface area contributed by atoms with E-state index in [1.807, 2.05) is 65.0 Å². The Bertz CT molecular complexity index is 826. The highest BCUT2D eigenvalue weighted by Crippen LogP contribution is 2.28. The summed E-state index contributed by atoms with van der Waals surface area (Å²) in [4.78, 5) is 38.9. The molecule has 0 saturated heterocycles. The molecule has 0 radical (unpaired) electrons. The second-order valence-corrected chi connectivity index (χ2v) is 10.2. The van der Waals surface area contributed by atoms with Crippen LogP contribution in [0.3, 0.4) is 0 Å². The lowest BCUT2D eigenvalue weighted by Gasteiger charge is -2.38. The van der Waals surface area contributed by atoms with E-state index in [9.17, 15) is 14.4 Å². The number of carboxylic acids is 1. The zero-order valence-electron chi connectivity index (χ0n) is 22.7. The SMILES string of the molecule is C.CCC.CNC(C(=O)NC(C(=O)N(C)C/C=C(\C)C(=O)O)C(C)(C)C)C(C)(C)c1ccccc1. The standard InChI is InChI=1S/C24H37N3O4.C3H8.CH4/c1-16(22(30)31)14-15-27(8)21(29)19(23(2,3)4)26-20(28)18(25-7)24(5,6)17-12-10-9-11-13-17;1-3-2;/h9-14,18-19,25H,15H2,1-8H3,(H,26,28)(H,30,31);3H2,1-2H3;1H4/b16-14+;;. The van der Waals surface area contributed by atoms with Gasteiger partial charge < -0.3 is 20.6 Å². The first-order valence-corrected chi connectivity index (χ1v) is 11.8. The van der Waals surface area contributed by atoms with E-state index in [1.165, 1.54) is 24.3 Å². The van der Waals surface area contributed by atoms with E-state index >= 15 is 0 Å². The van der Waals surface area contributed by atoms with E-state index in [1.54, 1.807) is 14.1 Å². The van der Waals surface area contributed by atoms with Crippen LogP contribution in [-0.4, -0.2) is 60.5 Å². The van der Waals surface area contributed by atoms with Gasteiger partial charge in [-0.15, -0.1) is 0 Å². The van der Waals surface area contributed by atoms with Gasteiger partial charge in [-0.1, -0.05) is 98.7 Å². The summed E-state index contributed by atoms with van der Waals surface area (Å²) in [5, 5.41) is 15.1. The maximum absolute atomic E-state index is 13.3. The van der Waals surface area contributed by atoms with Crippen LogP contribution in [0, 0.1) is 5.41 Å². The van der Waals surface area contributed by atoms with Crippen LogP contribution in [0.5, 0.6) is 0 Å². The van der Waals surface area contributed by atoms with E-state index in [0.717, 1.165) is 5.56 Å². The van der Waals surface area contributed by atoms with E-state index in [-0.39, 0.29) is 31.4 Å². The summed E-state index contributed by atoms with van der Waals surface area (Å²) in [6.07, 6.45) is 2.73. The quantitative estimate of drug-likeness (QED) is 0.438. The molecular formula is C28H49N3O4. The summed E-state index contributed by atoms with van der Waals surface area (Å²) in [5.41, 5.74) is 0.117. The van der Waals surface area contributed by atoms with E-state index in [2.05, 4.69) is 24.5 Å². The second-order valence-electron chi connectivity index (χ2n) is 10.2. The number of hydrogen-bond acceptors (Lipinski definition) is 4. The molecule has 0 aliphatic rings. The van der Waals surface area contributed by atoms with Crippen molar-refractivity contribution in [3.05, 3.63) is 47.5 Å². The molecule has 35 heavy (non-hydrogen) atoms. The van der Waals surface area contributed by atoms with Crippen LogP contribution in [0.2, 0.25) is 0 Å². The van der Waals surface area contributed by atoms with Crippen molar-refractivity contribution in [2.24, 2.45) is 5.41 Å². The third kappa shape index (κ3) is 10.6. The Kier molecular flexibility index (Phi) is 15.1. The van der Waals surface area contributed by atoms with Gasteiger partial charge in [0, 0.05) is 24.6 Å². The number of likely N-dealkylation sites (N-methyl/N-ethyl adjacent to an activating group) is 2. The Morgan fingerprint density at radius 1 is 1.03 bits per heavy atom. The fraction of sp³-hybridized carbons (Fsp3) is 0.607. The van der Waals surface area contributed by atoms with Gasteiger partial charge in [-0.3, -0.25) is 9.59 Å². The molecule has 7 nitrogen and oxygen atoms in total. The van der Waals surface area contributed by atoms with Gasteiger partial charge in [-0.2, -0.15) is 0 Å². The molecular weight excluding hydrogens is 442 g/mol. The van der Waals surface area contributed by atoms with Crippen molar-refractivity contribution in [1.82, 2.24) is 15.5 Å². The molecule has 0 saturated carbocycles. The summed E-state index contributed by atoms with van der Waals surface area (Å²) in [6, 6.07) is 8.43. The Balaban J connectivity index is 0. The molecule has 2 amide bonds. The summed E-state index contributed by atoms with van der Waals surface area (Å²) in [6.45, 7) is 15.5. The van der Waals surface area contributed by atoms with Gasteiger partial charge >= 0.3 is 5.97 Å². The van der Waals surface area contributed by atoms with Gasteiger partial charge in [0.15, 0.2) is 0 Å². The van der Waals surface area contributed by atoms with Crippen molar-refractivity contribution in [2.75, 3.05) is 20.6 Å². The van der Waals surface area contributed by atoms with Gasteiger partial charge in [-0.25, -0.2) is 4.79 Å². The average molecular weight is 492 g/mol. The van der Waals surface area contributed by atoms with Crippen LogP contribution in [0.25, 0.3) is 0 Å². The number of rotatable bonds is 9. The molecule has 0 aliphatic carbocycles. The van der Waals surface area contributed by atoms with E-state index in [4.69, 9.17) is 5.11 Å². The third-order valence-corrected chi connectivity index (χ3v) is 5.57. The van der Waals surface area contributed by atoms with Crippen LogP contribution in [-0.2, 0) is 19.8 Å². The first-order valence-electron chi connectivity index (χ1n) is 11.8. The number of nitrogens with one attached hydrogen (secondary N) is 2. The highest BCUT2D eigenvalue weighted by molar-refractivity contribution is 5.91. The van der Waals surface area contributed by atoms with Gasteiger partial charge in [0.1, 0.15) is 6.04 Å². The molecule has 2 unspecified atom stereocenters. The minimum atomic E-state index is -1.03. The first kappa shape index (κ1) is 34.5. The predicted molar refractivity (Wildman–Crippen MR) is 145 cm³/mol. The molecule has 200 valence electrons. The Morgan fingerprint density at radius 2 is 1.51 bits per heavy atom. The second kappa shape index (κ2) is 15.4. The van der Waals surface area contributed by atoms with Gasteiger partial charge in [0.05, 0.1) is 6.04 Å². The van der Waals surface area contributed by atoms with Crippen LogP contribution in [0.4, 0.5) is 0 Å². The average Bonchev–Trinajstić information content (AvgIpc) is 2.75. The maximum Gasteiger partial charge on any atom is 0.331 e. The topological polar surface area (TPSA) is 98.7 Å². The lowest BCUT2D eigenvalue weighted by atomic mass is 9.76. The number of carboxylic acid groups (broad SMARTS) is 1. The molecule has 0 aliphatic heterocycles. The molecule has 0 bridgehead atoms. The van der Waals surface area contributed by atoms with Crippen molar-refractivity contribution in [1.29, 1.82) is 0 Å². The number of aliphatic carboxylic acids is 1. The minimum absolute atomic E-state index is 0. The van der Waals surface area contributed by atoms with Crippen molar-refractivity contribution in [3.8, 4) is 0 Å². The smallest absolute Gasteiger partial charge is 0.331 e. The predicted octanol–water partition coefficient (Wildman–Crippen LogP) is 4.62. The van der Waals surface area contributed by atoms with Crippen molar-refractivity contribution < 1.29 is 19.5 Å². The largest absolute Gasteiger partial charge is 0.478 e. The highest BCUT2D eigenvalue weighted by atomic mass is 16.4. The van der Waals surface area contributed by atoms with Gasteiger partial charge in [0.2, 0.25) is 11.8 Å². The van der Waals surface area contributed by atoms with Crippen molar-refractivity contribution in [2.45, 2.75) is 86.7 Å². The molecule has 1 aromatic rings. The summed E-state index contributed by atoms with van der Waals surface area (Å²) < 4.78 is 0. The van der Waals surface area contributed by atoms with E-state index < -0.39 is 28.9 Å². The summed E-state index contributed by atoms with van der Waals surface area (Å²) >= 11 is 0. The number of amides is 2. The molecule has 0 fully saturated rings. The Labute approximate surface area is 213 Å². The molecule has 0 aromatic heterocycles. The molecule has 1 rings (SSSR count). The van der Waals surface area contributed by atoms with Crippen molar-refractivity contribution >= 4 is 17.8 Å². The zero-order valence-corrected chi connectivity index (χ0v) is 22.7.